The van der Waals surface area contributed by atoms with Crippen molar-refractivity contribution in [3.05, 3.63) is 29.3 Å². The molecular weight excluding hydrogens is 311 g/mol. The fraction of sp³-hybridized carbons (Fsp3) is 0.533. The predicted octanol–water partition coefficient (Wildman–Crippen LogP) is 2.79. The van der Waals surface area contributed by atoms with E-state index in [4.69, 9.17) is 16.3 Å². The summed E-state index contributed by atoms with van der Waals surface area (Å²) in [6.45, 7) is 3.47. The van der Waals surface area contributed by atoms with Crippen LogP contribution in [0.15, 0.2) is 24.3 Å². The van der Waals surface area contributed by atoms with Gasteiger partial charge in [-0.05, 0) is 38.4 Å². The molecule has 2 rings (SSSR count). The summed E-state index contributed by atoms with van der Waals surface area (Å²) in [6.07, 6.45) is 2.48. The van der Waals surface area contributed by atoms with Gasteiger partial charge >= 0.3 is 0 Å². The molecule has 0 spiro atoms. The van der Waals surface area contributed by atoms with Crippen LogP contribution in [-0.4, -0.2) is 31.1 Å². The molecule has 21 heavy (non-hydrogen) atoms. The highest BCUT2D eigenvalue weighted by Crippen LogP contribution is 2.23. The molecule has 1 aliphatic heterocycles. The number of carbonyl (C=O) groups excluding carboxylic acids is 1. The van der Waals surface area contributed by atoms with Crippen LogP contribution in [0.4, 0.5) is 0 Å². The van der Waals surface area contributed by atoms with Gasteiger partial charge in [0.25, 0.3) is 0 Å². The quantitative estimate of drug-likeness (QED) is 0.871. The van der Waals surface area contributed by atoms with Crippen molar-refractivity contribution in [1.82, 2.24) is 10.6 Å². The number of piperidine rings is 1. The minimum absolute atomic E-state index is 0. The SMILES string of the molecule is CC1NCCCC1NC(=O)CCOc1ccccc1Cl.Cl. The maximum atomic E-state index is 11.9. The topological polar surface area (TPSA) is 50.4 Å². The number of benzene rings is 1. The smallest absolute Gasteiger partial charge is 0.223 e. The van der Waals surface area contributed by atoms with E-state index in [0.717, 1.165) is 19.4 Å². The van der Waals surface area contributed by atoms with E-state index in [-0.39, 0.29) is 24.4 Å². The van der Waals surface area contributed by atoms with Gasteiger partial charge < -0.3 is 15.4 Å². The Morgan fingerprint density at radius 2 is 2.24 bits per heavy atom. The van der Waals surface area contributed by atoms with Crippen LogP contribution in [0, 0.1) is 0 Å². The fourth-order valence-corrected chi connectivity index (χ4v) is 2.53. The van der Waals surface area contributed by atoms with Crippen molar-refractivity contribution in [3.63, 3.8) is 0 Å². The normalized spacial score (nSPS) is 21.2. The highest BCUT2D eigenvalue weighted by molar-refractivity contribution is 6.32. The van der Waals surface area contributed by atoms with Gasteiger partial charge in [-0.1, -0.05) is 23.7 Å². The summed E-state index contributed by atoms with van der Waals surface area (Å²) in [5, 5.41) is 6.99. The Morgan fingerprint density at radius 3 is 2.95 bits per heavy atom. The summed E-state index contributed by atoms with van der Waals surface area (Å²) in [4.78, 5) is 11.9. The first kappa shape index (κ1) is 18.1. The summed E-state index contributed by atoms with van der Waals surface area (Å²) in [6, 6.07) is 7.82. The van der Waals surface area contributed by atoms with E-state index in [1.54, 1.807) is 12.1 Å². The van der Waals surface area contributed by atoms with Crippen LogP contribution in [0.5, 0.6) is 5.75 Å². The van der Waals surface area contributed by atoms with Crippen LogP contribution in [0.2, 0.25) is 5.02 Å². The van der Waals surface area contributed by atoms with Crippen LogP contribution >= 0.6 is 24.0 Å². The molecule has 1 fully saturated rings. The van der Waals surface area contributed by atoms with E-state index in [1.165, 1.54) is 0 Å². The zero-order valence-corrected chi connectivity index (χ0v) is 13.7. The average Bonchev–Trinajstić information content (AvgIpc) is 2.43. The molecule has 0 bridgehead atoms. The Kier molecular flexibility index (Phi) is 7.86. The summed E-state index contributed by atoms with van der Waals surface area (Å²) < 4.78 is 5.52. The first-order valence-corrected chi connectivity index (χ1v) is 7.44. The van der Waals surface area contributed by atoms with Gasteiger partial charge in [-0.15, -0.1) is 12.4 Å². The molecular formula is C15H22Cl2N2O2. The number of ether oxygens (including phenoxy) is 1. The highest BCUT2D eigenvalue weighted by atomic mass is 35.5. The monoisotopic (exact) mass is 332 g/mol. The maximum absolute atomic E-state index is 11.9. The first-order valence-electron chi connectivity index (χ1n) is 7.07. The number of para-hydroxylation sites is 1. The van der Waals surface area contributed by atoms with Gasteiger partial charge in [0.05, 0.1) is 18.1 Å². The Morgan fingerprint density at radius 1 is 1.48 bits per heavy atom. The van der Waals surface area contributed by atoms with Crippen molar-refractivity contribution in [3.8, 4) is 5.75 Å². The Balaban J connectivity index is 0.00000220. The van der Waals surface area contributed by atoms with Gasteiger partial charge in [-0.2, -0.15) is 0 Å². The average molecular weight is 333 g/mol. The maximum Gasteiger partial charge on any atom is 0.223 e. The number of amides is 1. The number of halogens is 2. The molecule has 1 aliphatic rings. The molecule has 0 radical (unpaired) electrons. The van der Waals surface area contributed by atoms with Gasteiger partial charge in [0.1, 0.15) is 5.75 Å². The van der Waals surface area contributed by atoms with E-state index < -0.39 is 0 Å². The molecule has 0 aliphatic carbocycles. The summed E-state index contributed by atoms with van der Waals surface area (Å²) in [7, 11) is 0. The van der Waals surface area contributed by atoms with Gasteiger partial charge in [0, 0.05) is 12.1 Å². The Hall–Kier alpha value is -0.970. The van der Waals surface area contributed by atoms with Crippen molar-refractivity contribution in [2.75, 3.05) is 13.2 Å². The third-order valence-corrected chi connectivity index (χ3v) is 3.84. The van der Waals surface area contributed by atoms with Crippen LogP contribution in [0.3, 0.4) is 0 Å². The zero-order valence-electron chi connectivity index (χ0n) is 12.1. The van der Waals surface area contributed by atoms with Gasteiger partial charge in [-0.3, -0.25) is 4.79 Å². The van der Waals surface area contributed by atoms with E-state index in [0.29, 0.717) is 29.8 Å². The second-order valence-electron chi connectivity index (χ2n) is 5.09. The second kappa shape index (κ2) is 9.13. The van der Waals surface area contributed by atoms with E-state index in [2.05, 4.69) is 17.6 Å². The lowest BCUT2D eigenvalue weighted by atomic mass is 10.00. The number of carbonyl (C=O) groups is 1. The van der Waals surface area contributed by atoms with Crippen LogP contribution in [0.1, 0.15) is 26.2 Å². The largest absolute Gasteiger partial charge is 0.491 e. The molecule has 2 unspecified atom stereocenters. The number of hydrogen-bond acceptors (Lipinski definition) is 3. The third-order valence-electron chi connectivity index (χ3n) is 3.53. The fourth-order valence-electron chi connectivity index (χ4n) is 2.34. The number of rotatable bonds is 5. The lowest BCUT2D eigenvalue weighted by Gasteiger charge is -2.30. The van der Waals surface area contributed by atoms with Gasteiger partial charge in [0.15, 0.2) is 0 Å². The molecule has 6 heteroatoms. The lowest BCUT2D eigenvalue weighted by molar-refractivity contribution is -0.122. The van der Waals surface area contributed by atoms with Gasteiger partial charge in [-0.25, -0.2) is 0 Å². The number of hydrogen-bond donors (Lipinski definition) is 2. The molecule has 0 aromatic heterocycles. The highest BCUT2D eigenvalue weighted by Gasteiger charge is 2.22. The molecule has 0 saturated carbocycles. The summed E-state index contributed by atoms with van der Waals surface area (Å²) in [5.74, 6) is 0.646. The minimum atomic E-state index is 0. The standard InChI is InChI=1S/C15H21ClN2O2.ClH/c1-11-13(6-4-9-17-11)18-15(19)8-10-20-14-7-3-2-5-12(14)16;/h2-3,5,7,11,13,17H,4,6,8-10H2,1H3,(H,18,19);1H. The molecule has 118 valence electrons. The Bertz CT molecular complexity index is 457. The molecule has 2 atom stereocenters. The molecule has 1 aromatic carbocycles. The molecule has 1 heterocycles. The van der Waals surface area contributed by atoms with Crippen molar-refractivity contribution >= 4 is 29.9 Å². The van der Waals surface area contributed by atoms with Crippen molar-refractivity contribution in [2.45, 2.75) is 38.3 Å². The molecule has 1 aromatic rings. The zero-order chi connectivity index (χ0) is 14.4. The predicted molar refractivity (Wildman–Crippen MR) is 87.4 cm³/mol. The molecule has 2 N–H and O–H groups in total. The van der Waals surface area contributed by atoms with E-state index >= 15 is 0 Å². The van der Waals surface area contributed by atoms with Crippen molar-refractivity contribution in [2.24, 2.45) is 0 Å². The minimum Gasteiger partial charge on any atom is -0.491 e. The van der Waals surface area contributed by atoms with E-state index in [9.17, 15) is 4.79 Å². The first-order chi connectivity index (χ1) is 9.66. The van der Waals surface area contributed by atoms with E-state index in [1.807, 2.05) is 12.1 Å². The third kappa shape index (κ3) is 5.73. The molecule has 4 nitrogen and oxygen atoms in total. The van der Waals surface area contributed by atoms with Crippen LogP contribution in [0.25, 0.3) is 0 Å². The van der Waals surface area contributed by atoms with Crippen LogP contribution in [-0.2, 0) is 4.79 Å². The van der Waals surface area contributed by atoms with Crippen LogP contribution < -0.4 is 15.4 Å². The number of nitrogens with one attached hydrogen (secondary N) is 2. The van der Waals surface area contributed by atoms with Crippen molar-refractivity contribution < 1.29 is 9.53 Å². The summed E-state index contributed by atoms with van der Waals surface area (Å²) >= 11 is 5.98. The molecule has 1 amide bonds. The molecule has 1 saturated heterocycles. The summed E-state index contributed by atoms with van der Waals surface area (Å²) in [5.41, 5.74) is 0. The van der Waals surface area contributed by atoms with Crippen molar-refractivity contribution in [1.29, 1.82) is 0 Å². The Labute approximate surface area is 137 Å². The van der Waals surface area contributed by atoms with Gasteiger partial charge in [0.2, 0.25) is 5.91 Å². The lowest BCUT2D eigenvalue weighted by Crippen LogP contribution is -2.52. The second-order valence-corrected chi connectivity index (χ2v) is 5.50.